The molecule has 0 heterocycles. The molecule has 0 atom stereocenters. The largest absolute Gasteiger partial charge is 0.397 e. The van der Waals surface area contributed by atoms with E-state index in [9.17, 15) is 4.79 Å². The van der Waals surface area contributed by atoms with Gasteiger partial charge in [0.05, 0.1) is 11.4 Å². The van der Waals surface area contributed by atoms with Gasteiger partial charge < -0.3 is 11.1 Å². The molecule has 0 unspecified atom stereocenters. The Kier molecular flexibility index (Phi) is 4.12. The summed E-state index contributed by atoms with van der Waals surface area (Å²) >= 11 is 5.90. The summed E-state index contributed by atoms with van der Waals surface area (Å²) in [6.07, 6.45) is 4.19. The van der Waals surface area contributed by atoms with E-state index in [2.05, 4.69) is 12.2 Å². The van der Waals surface area contributed by atoms with Crippen molar-refractivity contribution in [2.45, 2.75) is 32.6 Å². The van der Waals surface area contributed by atoms with Crippen molar-refractivity contribution in [1.29, 1.82) is 0 Å². The van der Waals surface area contributed by atoms with Crippen LogP contribution in [0, 0.1) is 11.8 Å². The molecule has 0 saturated heterocycles. The molecule has 0 spiro atoms. The number of nitrogens with two attached hydrogens (primary N) is 1. The number of amides is 1. The van der Waals surface area contributed by atoms with Gasteiger partial charge in [-0.15, -0.1) is 0 Å². The van der Waals surface area contributed by atoms with Gasteiger partial charge in [-0.3, -0.25) is 4.79 Å². The molecule has 2 rings (SSSR count). The summed E-state index contributed by atoms with van der Waals surface area (Å²) in [4.78, 5) is 12.1. The third kappa shape index (κ3) is 3.16. The van der Waals surface area contributed by atoms with Gasteiger partial charge >= 0.3 is 0 Å². The SMILES string of the molecule is CC1CCC(C(=O)Nc2cc(Cl)ccc2N)CC1. The smallest absolute Gasteiger partial charge is 0.227 e. The van der Waals surface area contributed by atoms with E-state index in [1.165, 1.54) is 0 Å². The predicted octanol–water partition coefficient (Wildman–Crippen LogP) is 3.69. The summed E-state index contributed by atoms with van der Waals surface area (Å²) in [5.74, 6) is 0.917. The lowest BCUT2D eigenvalue weighted by atomic mass is 9.82. The van der Waals surface area contributed by atoms with E-state index in [-0.39, 0.29) is 11.8 Å². The van der Waals surface area contributed by atoms with Gasteiger partial charge in [-0.2, -0.15) is 0 Å². The van der Waals surface area contributed by atoms with E-state index in [4.69, 9.17) is 17.3 Å². The lowest BCUT2D eigenvalue weighted by molar-refractivity contribution is -0.121. The number of halogens is 1. The average Bonchev–Trinajstić information content (AvgIpc) is 2.34. The number of benzene rings is 1. The number of nitrogens with one attached hydrogen (secondary N) is 1. The summed E-state index contributed by atoms with van der Waals surface area (Å²) in [5, 5.41) is 3.47. The van der Waals surface area contributed by atoms with Gasteiger partial charge in [0.15, 0.2) is 0 Å². The van der Waals surface area contributed by atoms with Gasteiger partial charge in [-0.25, -0.2) is 0 Å². The molecule has 3 nitrogen and oxygen atoms in total. The fourth-order valence-electron chi connectivity index (χ4n) is 2.39. The maximum atomic E-state index is 12.1. The highest BCUT2D eigenvalue weighted by atomic mass is 35.5. The molecule has 1 aliphatic rings. The monoisotopic (exact) mass is 266 g/mol. The highest BCUT2D eigenvalue weighted by Gasteiger charge is 2.24. The van der Waals surface area contributed by atoms with E-state index in [0.717, 1.165) is 31.6 Å². The summed E-state index contributed by atoms with van der Waals surface area (Å²) in [6.45, 7) is 2.24. The van der Waals surface area contributed by atoms with Crippen molar-refractivity contribution >= 4 is 28.9 Å². The lowest BCUT2D eigenvalue weighted by Crippen LogP contribution is -2.26. The second kappa shape index (κ2) is 5.61. The van der Waals surface area contributed by atoms with Crippen LogP contribution in [0.4, 0.5) is 11.4 Å². The van der Waals surface area contributed by atoms with Crippen molar-refractivity contribution in [3.8, 4) is 0 Å². The predicted molar refractivity (Wildman–Crippen MR) is 75.6 cm³/mol. The fourth-order valence-corrected chi connectivity index (χ4v) is 2.57. The number of hydrogen-bond donors (Lipinski definition) is 2. The standard InChI is InChI=1S/C14H19ClN2O/c1-9-2-4-10(5-3-9)14(18)17-13-8-11(15)6-7-12(13)16/h6-10H,2-5,16H2,1H3,(H,17,18). The zero-order chi connectivity index (χ0) is 13.1. The lowest BCUT2D eigenvalue weighted by Gasteiger charge is -2.25. The highest BCUT2D eigenvalue weighted by molar-refractivity contribution is 6.31. The van der Waals surface area contributed by atoms with Crippen LogP contribution in [0.5, 0.6) is 0 Å². The van der Waals surface area contributed by atoms with Crippen LogP contribution in [0.2, 0.25) is 5.02 Å². The minimum Gasteiger partial charge on any atom is -0.397 e. The number of hydrogen-bond acceptors (Lipinski definition) is 2. The molecule has 1 amide bonds. The molecule has 0 bridgehead atoms. The van der Waals surface area contributed by atoms with Crippen LogP contribution in [0.25, 0.3) is 0 Å². The summed E-state index contributed by atoms with van der Waals surface area (Å²) in [5.41, 5.74) is 6.99. The van der Waals surface area contributed by atoms with E-state index in [1.54, 1.807) is 18.2 Å². The molecule has 3 N–H and O–H groups in total. The van der Waals surface area contributed by atoms with Gasteiger partial charge in [0, 0.05) is 10.9 Å². The molecule has 1 fully saturated rings. The molecular weight excluding hydrogens is 248 g/mol. The average molecular weight is 267 g/mol. The van der Waals surface area contributed by atoms with Crippen molar-refractivity contribution in [2.24, 2.45) is 11.8 Å². The second-order valence-electron chi connectivity index (χ2n) is 5.18. The summed E-state index contributed by atoms with van der Waals surface area (Å²) in [6, 6.07) is 5.12. The third-order valence-corrected chi connectivity index (χ3v) is 3.89. The van der Waals surface area contributed by atoms with Crippen molar-refractivity contribution in [3.63, 3.8) is 0 Å². The minimum atomic E-state index is 0.0656. The van der Waals surface area contributed by atoms with E-state index >= 15 is 0 Å². The highest BCUT2D eigenvalue weighted by Crippen LogP contribution is 2.30. The summed E-state index contributed by atoms with van der Waals surface area (Å²) in [7, 11) is 0. The Hall–Kier alpha value is -1.22. The van der Waals surface area contributed by atoms with Crippen molar-refractivity contribution < 1.29 is 4.79 Å². The molecule has 1 aliphatic carbocycles. The van der Waals surface area contributed by atoms with Gasteiger partial charge in [0.25, 0.3) is 0 Å². The Bertz CT molecular complexity index is 439. The fraction of sp³-hybridized carbons (Fsp3) is 0.500. The van der Waals surface area contributed by atoms with Crippen LogP contribution in [-0.4, -0.2) is 5.91 Å². The van der Waals surface area contributed by atoms with Crippen LogP contribution in [0.3, 0.4) is 0 Å². The van der Waals surface area contributed by atoms with Gasteiger partial charge in [0.2, 0.25) is 5.91 Å². The minimum absolute atomic E-state index is 0.0656. The molecule has 0 aromatic heterocycles. The number of rotatable bonds is 2. The number of carbonyl (C=O) groups is 1. The van der Waals surface area contributed by atoms with Crippen LogP contribution in [-0.2, 0) is 4.79 Å². The molecule has 0 aliphatic heterocycles. The quantitative estimate of drug-likeness (QED) is 0.802. The van der Waals surface area contributed by atoms with Crippen LogP contribution < -0.4 is 11.1 Å². The molecular formula is C14H19ClN2O. The Balaban J connectivity index is 2.00. The Morgan fingerprint density at radius 1 is 1.33 bits per heavy atom. The Labute approximate surface area is 113 Å². The maximum absolute atomic E-state index is 12.1. The third-order valence-electron chi connectivity index (χ3n) is 3.66. The zero-order valence-corrected chi connectivity index (χ0v) is 11.3. The van der Waals surface area contributed by atoms with Gasteiger partial charge in [0.1, 0.15) is 0 Å². The van der Waals surface area contributed by atoms with Gasteiger partial charge in [-0.05, 0) is 49.8 Å². The molecule has 98 valence electrons. The Morgan fingerprint density at radius 2 is 2.00 bits per heavy atom. The first-order chi connectivity index (χ1) is 8.56. The van der Waals surface area contributed by atoms with E-state index in [1.807, 2.05) is 0 Å². The van der Waals surface area contributed by atoms with Crippen molar-refractivity contribution in [2.75, 3.05) is 11.1 Å². The van der Waals surface area contributed by atoms with Crippen molar-refractivity contribution in [3.05, 3.63) is 23.2 Å². The molecule has 1 aromatic carbocycles. The second-order valence-corrected chi connectivity index (χ2v) is 5.61. The van der Waals surface area contributed by atoms with E-state index < -0.39 is 0 Å². The van der Waals surface area contributed by atoms with Crippen LogP contribution in [0.15, 0.2) is 18.2 Å². The van der Waals surface area contributed by atoms with E-state index in [0.29, 0.717) is 16.4 Å². The molecule has 18 heavy (non-hydrogen) atoms. The van der Waals surface area contributed by atoms with Gasteiger partial charge in [-0.1, -0.05) is 18.5 Å². The topological polar surface area (TPSA) is 55.1 Å². The molecule has 1 saturated carbocycles. The van der Waals surface area contributed by atoms with Crippen molar-refractivity contribution in [1.82, 2.24) is 0 Å². The number of anilines is 2. The Morgan fingerprint density at radius 3 is 2.67 bits per heavy atom. The first kappa shape index (κ1) is 13.2. The molecule has 4 heteroatoms. The van der Waals surface area contributed by atoms with Crippen LogP contribution >= 0.6 is 11.6 Å². The maximum Gasteiger partial charge on any atom is 0.227 e. The van der Waals surface area contributed by atoms with Crippen LogP contribution in [0.1, 0.15) is 32.6 Å². The first-order valence-electron chi connectivity index (χ1n) is 6.42. The first-order valence-corrected chi connectivity index (χ1v) is 6.80. The molecule has 0 radical (unpaired) electrons. The normalized spacial score (nSPS) is 23.7. The summed E-state index contributed by atoms with van der Waals surface area (Å²) < 4.78 is 0. The number of nitrogen functional groups attached to an aromatic ring is 1. The molecule has 1 aromatic rings. The zero-order valence-electron chi connectivity index (χ0n) is 10.6. The number of carbonyl (C=O) groups excluding carboxylic acids is 1.